The van der Waals surface area contributed by atoms with Crippen LogP contribution in [-0.4, -0.2) is 105 Å². The smallest absolute Gasteiger partial charge is 0.323 e. The molecule has 3 aliphatic heterocycles. The minimum atomic E-state index is -1.66. The number of nitrogens with zero attached hydrogens (tertiary/aromatic N) is 4. The molecule has 5 rings (SSSR count). The number of methoxy groups -OCH3 is 3. The molecule has 210 valence electrons. The maximum Gasteiger partial charge on any atom is 0.323 e. The van der Waals surface area contributed by atoms with Crippen LogP contribution in [0.4, 0.5) is 10.6 Å². The van der Waals surface area contributed by atoms with Gasteiger partial charge in [0.2, 0.25) is 5.54 Å². The van der Waals surface area contributed by atoms with E-state index in [0.717, 1.165) is 44.1 Å². The lowest BCUT2D eigenvalue weighted by atomic mass is 9.99. The number of carbonyl (C=O) groups is 3. The van der Waals surface area contributed by atoms with E-state index in [4.69, 9.17) is 19.2 Å². The molecule has 12 nitrogen and oxygen atoms in total. The summed E-state index contributed by atoms with van der Waals surface area (Å²) in [6.45, 7) is 5.05. The number of amides is 4. The van der Waals surface area contributed by atoms with Crippen LogP contribution in [0.25, 0.3) is 0 Å². The fraction of sp³-hybridized carbons (Fsp3) is 0.429. The molecule has 0 spiro atoms. The Balaban J connectivity index is 1.39. The zero-order valence-electron chi connectivity index (χ0n) is 22.8. The lowest BCUT2D eigenvalue weighted by Gasteiger charge is -2.35. The van der Waals surface area contributed by atoms with Crippen molar-refractivity contribution in [1.82, 2.24) is 25.4 Å². The first-order valence-corrected chi connectivity index (χ1v) is 13.0. The molecule has 2 N–H and O–H groups in total. The summed E-state index contributed by atoms with van der Waals surface area (Å²) >= 11 is 0. The molecule has 0 radical (unpaired) electrons. The molecule has 0 aliphatic carbocycles. The molecule has 1 unspecified atom stereocenters. The highest BCUT2D eigenvalue weighted by molar-refractivity contribution is 6.10. The Morgan fingerprint density at radius 1 is 1.02 bits per heavy atom. The van der Waals surface area contributed by atoms with Gasteiger partial charge in [0.05, 0.1) is 27.4 Å². The Kier molecular flexibility index (Phi) is 7.77. The zero-order valence-corrected chi connectivity index (χ0v) is 22.8. The molecule has 4 heterocycles. The highest BCUT2D eigenvalue weighted by Crippen LogP contribution is 2.29. The highest BCUT2D eigenvalue weighted by atomic mass is 16.5. The Bertz CT molecular complexity index is 1380. The average molecular weight is 549 g/mol. The third kappa shape index (κ3) is 5.38. The van der Waals surface area contributed by atoms with Crippen LogP contribution in [0.1, 0.15) is 21.6 Å². The summed E-state index contributed by atoms with van der Waals surface area (Å²) in [5, 5.41) is 4.89. The van der Waals surface area contributed by atoms with E-state index in [1.807, 2.05) is 12.1 Å². The van der Waals surface area contributed by atoms with Gasteiger partial charge in [-0.3, -0.25) is 19.8 Å². The molecule has 2 fully saturated rings. The molecule has 4 amide bonds. The number of urea groups is 1. The van der Waals surface area contributed by atoms with Crippen LogP contribution >= 0.6 is 0 Å². The van der Waals surface area contributed by atoms with Gasteiger partial charge in [-0.15, -0.1) is 0 Å². The highest BCUT2D eigenvalue weighted by Gasteiger charge is 2.48. The van der Waals surface area contributed by atoms with Crippen molar-refractivity contribution in [2.45, 2.75) is 12.1 Å². The van der Waals surface area contributed by atoms with Gasteiger partial charge < -0.3 is 29.3 Å². The van der Waals surface area contributed by atoms with Crippen molar-refractivity contribution in [3.8, 4) is 23.3 Å². The van der Waals surface area contributed by atoms with E-state index >= 15 is 0 Å². The van der Waals surface area contributed by atoms with Crippen LogP contribution in [0.3, 0.4) is 0 Å². The van der Waals surface area contributed by atoms with Gasteiger partial charge in [0.1, 0.15) is 11.6 Å². The number of hydrogen-bond acceptors (Lipinski definition) is 9. The molecule has 2 aromatic rings. The number of piperazine rings is 1. The zero-order chi connectivity index (χ0) is 28.3. The minimum absolute atomic E-state index is 0.140. The molecule has 12 heteroatoms. The van der Waals surface area contributed by atoms with E-state index in [1.54, 1.807) is 25.3 Å². The maximum atomic E-state index is 13.2. The normalized spacial score (nSPS) is 20.5. The second-order valence-corrected chi connectivity index (χ2v) is 9.79. The molecule has 1 atom stereocenters. The summed E-state index contributed by atoms with van der Waals surface area (Å²) in [5.41, 5.74) is -0.0346. The third-order valence-electron chi connectivity index (χ3n) is 7.33. The fourth-order valence-corrected chi connectivity index (χ4v) is 5.07. The number of rotatable bonds is 8. The lowest BCUT2D eigenvalue weighted by molar-refractivity contribution is -0.122. The van der Waals surface area contributed by atoms with Crippen molar-refractivity contribution >= 4 is 23.7 Å². The molecule has 1 aromatic carbocycles. The number of nitrogens with one attached hydrogen (secondary N) is 2. The second kappa shape index (κ2) is 11.4. The van der Waals surface area contributed by atoms with Gasteiger partial charge in [0, 0.05) is 51.9 Å². The Labute approximate surface area is 232 Å². The van der Waals surface area contributed by atoms with Gasteiger partial charge >= 0.3 is 6.03 Å². The first-order valence-electron chi connectivity index (χ1n) is 13.0. The number of benzene rings is 1. The van der Waals surface area contributed by atoms with Gasteiger partial charge in [-0.1, -0.05) is 12.0 Å². The summed E-state index contributed by atoms with van der Waals surface area (Å²) in [7, 11) is 4.75. The second-order valence-electron chi connectivity index (χ2n) is 9.79. The van der Waals surface area contributed by atoms with E-state index < -0.39 is 17.5 Å². The first-order chi connectivity index (χ1) is 19.4. The number of pyridine rings is 1. The van der Waals surface area contributed by atoms with Gasteiger partial charge in [0.25, 0.3) is 11.8 Å². The van der Waals surface area contributed by atoms with E-state index in [-0.39, 0.29) is 19.0 Å². The van der Waals surface area contributed by atoms with Crippen molar-refractivity contribution in [2.24, 2.45) is 0 Å². The summed E-state index contributed by atoms with van der Waals surface area (Å²) in [4.78, 5) is 49.2. The Morgan fingerprint density at radius 3 is 2.50 bits per heavy atom. The standard InChI is InChI=1S/C28H32N6O6/c1-38-15-14-32-10-12-33(13-11-32)24-7-6-23(40-3)22(29-24)8-9-28(26(36)30-27(37)31-28)18-34-17-19-4-5-20(39-2)16-21(19)25(34)35/h4-7,16H,10-15,17-18H2,1-3H3,(H2,30,31,36,37). The number of aromatic nitrogens is 1. The summed E-state index contributed by atoms with van der Waals surface area (Å²) in [6.07, 6.45) is 0. The molecule has 40 heavy (non-hydrogen) atoms. The molecule has 1 aromatic heterocycles. The lowest BCUT2D eigenvalue weighted by Crippen LogP contribution is -2.54. The molecule has 0 saturated carbocycles. The van der Waals surface area contributed by atoms with Crippen molar-refractivity contribution < 1.29 is 28.6 Å². The van der Waals surface area contributed by atoms with Crippen molar-refractivity contribution in [2.75, 3.05) is 72.1 Å². The molecule has 0 bridgehead atoms. The number of hydrogen-bond donors (Lipinski definition) is 2. The van der Waals surface area contributed by atoms with Gasteiger partial charge in [-0.2, -0.15) is 0 Å². The van der Waals surface area contributed by atoms with E-state index in [2.05, 4.69) is 32.3 Å². The van der Waals surface area contributed by atoms with Crippen LogP contribution in [0.5, 0.6) is 11.5 Å². The maximum absolute atomic E-state index is 13.2. The van der Waals surface area contributed by atoms with Crippen LogP contribution in [-0.2, 0) is 16.1 Å². The number of imide groups is 1. The average Bonchev–Trinajstić information content (AvgIpc) is 3.43. The fourth-order valence-electron chi connectivity index (χ4n) is 5.07. The SMILES string of the molecule is COCCN1CCN(c2ccc(OC)c(C#CC3(CN4Cc5ccc(OC)cc5C4=O)NC(=O)NC3=O)n2)CC1. The number of fused-ring (bicyclic) bond motifs is 1. The summed E-state index contributed by atoms with van der Waals surface area (Å²) in [6, 6.07) is 8.25. The predicted octanol–water partition coefficient (Wildman–Crippen LogP) is 0.453. The van der Waals surface area contributed by atoms with Crippen LogP contribution in [0.2, 0.25) is 0 Å². The molecular weight excluding hydrogens is 516 g/mol. The Hall–Kier alpha value is -4.34. The van der Waals surface area contributed by atoms with Gasteiger partial charge in [0.15, 0.2) is 11.4 Å². The minimum Gasteiger partial charge on any atom is -0.497 e. The van der Waals surface area contributed by atoms with Crippen molar-refractivity contribution in [1.29, 1.82) is 0 Å². The number of carbonyl (C=O) groups excluding carboxylic acids is 3. The molecule has 2 saturated heterocycles. The van der Waals surface area contributed by atoms with E-state index in [1.165, 1.54) is 19.1 Å². The summed E-state index contributed by atoms with van der Waals surface area (Å²) < 4.78 is 15.9. The van der Waals surface area contributed by atoms with Gasteiger partial charge in [-0.05, 0) is 35.7 Å². The van der Waals surface area contributed by atoms with Crippen LogP contribution < -0.4 is 25.0 Å². The van der Waals surface area contributed by atoms with E-state index in [9.17, 15) is 14.4 Å². The monoisotopic (exact) mass is 548 g/mol. The number of anilines is 1. The summed E-state index contributed by atoms with van der Waals surface area (Å²) in [5.74, 6) is 6.73. The van der Waals surface area contributed by atoms with Crippen molar-refractivity contribution in [3.63, 3.8) is 0 Å². The topological polar surface area (TPSA) is 126 Å². The van der Waals surface area contributed by atoms with E-state index in [0.29, 0.717) is 29.4 Å². The van der Waals surface area contributed by atoms with Gasteiger partial charge in [-0.25, -0.2) is 9.78 Å². The van der Waals surface area contributed by atoms with Crippen LogP contribution in [0, 0.1) is 11.8 Å². The largest absolute Gasteiger partial charge is 0.497 e. The van der Waals surface area contributed by atoms with Crippen LogP contribution in [0.15, 0.2) is 30.3 Å². The Morgan fingerprint density at radius 2 is 1.82 bits per heavy atom. The third-order valence-corrected chi connectivity index (χ3v) is 7.33. The van der Waals surface area contributed by atoms with Crippen molar-refractivity contribution in [3.05, 3.63) is 47.2 Å². The molecular formula is C28H32N6O6. The predicted molar refractivity (Wildman–Crippen MR) is 145 cm³/mol. The number of ether oxygens (including phenoxy) is 3. The quantitative estimate of drug-likeness (QED) is 0.357. The molecule has 3 aliphatic rings. The first kappa shape index (κ1) is 27.2.